The van der Waals surface area contributed by atoms with Crippen molar-refractivity contribution in [1.82, 2.24) is 4.98 Å². The van der Waals surface area contributed by atoms with Crippen LogP contribution in [0.1, 0.15) is 25.0 Å². The molecule has 1 heterocycles. The van der Waals surface area contributed by atoms with E-state index < -0.39 is 5.97 Å². The maximum Gasteiger partial charge on any atom is 0.308 e. The van der Waals surface area contributed by atoms with Gasteiger partial charge in [-0.25, -0.2) is 4.98 Å². The number of esters is 1. The Bertz CT molecular complexity index is 920. The standard InChI is InChI=1S/C20H18ClNO2/c1-4-14-10-12(2)18-16(11-14)17(15-8-6-5-7-9-15)19(20(21)22-18)24-13(3)23/h5-11H,4H2,1-3H3. The Morgan fingerprint density at radius 1 is 1.21 bits per heavy atom. The van der Waals surface area contributed by atoms with E-state index in [1.54, 1.807) is 0 Å². The van der Waals surface area contributed by atoms with E-state index in [1.165, 1.54) is 12.5 Å². The summed E-state index contributed by atoms with van der Waals surface area (Å²) in [6.07, 6.45) is 0.913. The van der Waals surface area contributed by atoms with Crippen molar-refractivity contribution < 1.29 is 9.53 Å². The first-order valence-corrected chi connectivity index (χ1v) is 8.25. The van der Waals surface area contributed by atoms with Crippen LogP contribution in [0.25, 0.3) is 22.0 Å². The molecule has 0 radical (unpaired) electrons. The SMILES string of the molecule is CCc1cc(C)c2nc(Cl)c(OC(C)=O)c(-c3ccccc3)c2c1. The van der Waals surface area contributed by atoms with Gasteiger partial charge < -0.3 is 4.74 Å². The first-order valence-electron chi connectivity index (χ1n) is 7.87. The molecule has 0 saturated heterocycles. The maximum atomic E-state index is 11.6. The Morgan fingerprint density at radius 3 is 2.54 bits per heavy atom. The van der Waals surface area contributed by atoms with E-state index in [1.807, 2.05) is 37.3 Å². The van der Waals surface area contributed by atoms with E-state index in [-0.39, 0.29) is 5.15 Å². The molecule has 3 aromatic rings. The van der Waals surface area contributed by atoms with E-state index >= 15 is 0 Å². The quantitative estimate of drug-likeness (QED) is 0.477. The van der Waals surface area contributed by atoms with Crippen molar-refractivity contribution in [3.63, 3.8) is 0 Å². The molecule has 4 heteroatoms. The Labute approximate surface area is 146 Å². The lowest BCUT2D eigenvalue weighted by atomic mass is 9.96. The van der Waals surface area contributed by atoms with Gasteiger partial charge in [0.05, 0.1) is 5.52 Å². The van der Waals surface area contributed by atoms with E-state index in [0.29, 0.717) is 5.75 Å². The first-order chi connectivity index (χ1) is 11.5. The van der Waals surface area contributed by atoms with Gasteiger partial charge in [0, 0.05) is 17.9 Å². The normalized spacial score (nSPS) is 10.8. The molecular formula is C20H18ClNO2. The number of carbonyl (C=O) groups excluding carboxylic acids is 1. The minimum absolute atomic E-state index is 0.198. The number of benzene rings is 2. The molecule has 0 amide bonds. The lowest BCUT2D eigenvalue weighted by molar-refractivity contribution is -0.131. The third-order valence-electron chi connectivity index (χ3n) is 3.97. The number of hydrogen-bond acceptors (Lipinski definition) is 3. The lowest BCUT2D eigenvalue weighted by Gasteiger charge is -2.16. The number of aryl methyl sites for hydroxylation is 2. The number of halogens is 1. The highest BCUT2D eigenvalue weighted by atomic mass is 35.5. The molecule has 24 heavy (non-hydrogen) atoms. The van der Waals surface area contributed by atoms with E-state index in [0.717, 1.165) is 34.0 Å². The molecule has 0 saturated carbocycles. The number of aromatic nitrogens is 1. The average Bonchev–Trinajstić information content (AvgIpc) is 2.56. The fourth-order valence-corrected chi connectivity index (χ4v) is 3.12. The van der Waals surface area contributed by atoms with Gasteiger partial charge in [-0.15, -0.1) is 0 Å². The molecule has 0 aliphatic heterocycles. The number of hydrogen-bond donors (Lipinski definition) is 0. The van der Waals surface area contributed by atoms with Gasteiger partial charge in [0.25, 0.3) is 0 Å². The monoisotopic (exact) mass is 339 g/mol. The van der Waals surface area contributed by atoms with Crippen LogP contribution in [0.4, 0.5) is 0 Å². The second kappa shape index (κ2) is 6.62. The van der Waals surface area contributed by atoms with E-state index in [2.05, 4.69) is 24.0 Å². The predicted octanol–water partition coefficient (Wildman–Crippen LogP) is 5.35. The molecule has 0 bridgehead atoms. The summed E-state index contributed by atoms with van der Waals surface area (Å²) >= 11 is 6.36. The van der Waals surface area contributed by atoms with Gasteiger partial charge in [-0.05, 0) is 36.1 Å². The summed E-state index contributed by atoms with van der Waals surface area (Å²) in [7, 11) is 0. The largest absolute Gasteiger partial charge is 0.423 e. The predicted molar refractivity (Wildman–Crippen MR) is 97.6 cm³/mol. The molecule has 3 nitrogen and oxygen atoms in total. The van der Waals surface area contributed by atoms with Gasteiger partial charge in [0.1, 0.15) is 0 Å². The fraction of sp³-hybridized carbons (Fsp3) is 0.200. The van der Waals surface area contributed by atoms with Gasteiger partial charge in [0.15, 0.2) is 10.9 Å². The number of pyridine rings is 1. The molecular weight excluding hydrogens is 322 g/mol. The van der Waals surface area contributed by atoms with Crippen molar-refractivity contribution in [3.8, 4) is 16.9 Å². The number of fused-ring (bicyclic) bond motifs is 1. The van der Waals surface area contributed by atoms with Crippen molar-refractivity contribution >= 4 is 28.5 Å². The topological polar surface area (TPSA) is 39.2 Å². The summed E-state index contributed by atoms with van der Waals surface area (Å²) in [6, 6.07) is 14.0. The molecule has 122 valence electrons. The average molecular weight is 340 g/mol. The first kappa shape index (κ1) is 16.5. The third kappa shape index (κ3) is 3.00. The molecule has 0 spiro atoms. The lowest BCUT2D eigenvalue weighted by Crippen LogP contribution is -2.05. The number of nitrogens with zero attached hydrogens (tertiary/aromatic N) is 1. The summed E-state index contributed by atoms with van der Waals surface area (Å²) < 4.78 is 5.42. The van der Waals surface area contributed by atoms with Crippen molar-refractivity contribution in [1.29, 1.82) is 0 Å². The summed E-state index contributed by atoms with van der Waals surface area (Å²) in [4.78, 5) is 16.0. The Morgan fingerprint density at radius 2 is 1.92 bits per heavy atom. The second-order valence-corrected chi connectivity index (χ2v) is 6.09. The number of rotatable bonds is 3. The summed E-state index contributed by atoms with van der Waals surface area (Å²) in [5.74, 6) is -0.103. The zero-order valence-electron chi connectivity index (χ0n) is 13.9. The highest BCUT2D eigenvalue weighted by Crippen LogP contribution is 2.41. The molecule has 0 fully saturated rings. The van der Waals surface area contributed by atoms with Crippen LogP contribution in [-0.2, 0) is 11.2 Å². The van der Waals surface area contributed by atoms with Crippen LogP contribution in [0.5, 0.6) is 5.75 Å². The van der Waals surface area contributed by atoms with Crippen LogP contribution in [-0.4, -0.2) is 11.0 Å². The Hall–Kier alpha value is -2.39. The summed E-state index contributed by atoms with van der Waals surface area (Å²) in [5.41, 5.74) is 4.83. The maximum absolute atomic E-state index is 11.6. The highest BCUT2D eigenvalue weighted by Gasteiger charge is 2.20. The molecule has 3 rings (SSSR count). The van der Waals surface area contributed by atoms with Crippen LogP contribution in [0.2, 0.25) is 5.15 Å². The smallest absolute Gasteiger partial charge is 0.308 e. The molecule has 2 aromatic carbocycles. The van der Waals surface area contributed by atoms with Gasteiger partial charge in [0.2, 0.25) is 0 Å². The molecule has 0 aliphatic rings. The van der Waals surface area contributed by atoms with Gasteiger partial charge in [-0.3, -0.25) is 4.79 Å². The second-order valence-electron chi connectivity index (χ2n) is 5.73. The van der Waals surface area contributed by atoms with Crippen LogP contribution in [0.3, 0.4) is 0 Å². The molecule has 1 aromatic heterocycles. The van der Waals surface area contributed by atoms with E-state index in [9.17, 15) is 4.79 Å². The Kier molecular flexibility index (Phi) is 4.54. The molecule has 0 atom stereocenters. The van der Waals surface area contributed by atoms with Crippen LogP contribution in [0.15, 0.2) is 42.5 Å². The Balaban J connectivity index is 2.45. The minimum Gasteiger partial charge on any atom is -0.423 e. The van der Waals surface area contributed by atoms with Crippen molar-refractivity contribution in [2.75, 3.05) is 0 Å². The summed E-state index contributed by atoms with van der Waals surface area (Å²) in [6.45, 7) is 5.49. The zero-order valence-corrected chi connectivity index (χ0v) is 14.6. The minimum atomic E-state index is -0.418. The molecule has 0 aliphatic carbocycles. The van der Waals surface area contributed by atoms with Crippen molar-refractivity contribution in [3.05, 3.63) is 58.7 Å². The molecule has 0 unspecified atom stereocenters. The summed E-state index contributed by atoms with van der Waals surface area (Å²) in [5, 5.41) is 1.14. The fourth-order valence-electron chi connectivity index (χ4n) is 2.90. The number of ether oxygens (including phenoxy) is 1. The van der Waals surface area contributed by atoms with Gasteiger partial charge >= 0.3 is 5.97 Å². The van der Waals surface area contributed by atoms with Gasteiger partial charge in [-0.2, -0.15) is 0 Å². The van der Waals surface area contributed by atoms with Crippen LogP contribution < -0.4 is 4.74 Å². The van der Waals surface area contributed by atoms with Crippen LogP contribution in [0, 0.1) is 6.92 Å². The molecule has 0 N–H and O–H groups in total. The van der Waals surface area contributed by atoms with Crippen LogP contribution >= 0.6 is 11.6 Å². The van der Waals surface area contributed by atoms with Crippen molar-refractivity contribution in [2.24, 2.45) is 0 Å². The van der Waals surface area contributed by atoms with E-state index in [4.69, 9.17) is 16.3 Å². The highest BCUT2D eigenvalue weighted by molar-refractivity contribution is 6.32. The number of carbonyl (C=O) groups is 1. The van der Waals surface area contributed by atoms with Gasteiger partial charge in [-0.1, -0.05) is 54.9 Å². The van der Waals surface area contributed by atoms with Crippen molar-refractivity contribution in [2.45, 2.75) is 27.2 Å². The third-order valence-corrected chi connectivity index (χ3v) is 4.23. The zero-order chi connectivity index (χ0) is 17.3.